The first kappa shape index (κ1) is 20.8. The molecule has 1 aliphatic rings. The maximum absolute atomic E-state index is 13.5. The van der Waals surface area contributed by atoms with Gasteiger partial charge in [0.25, 0.3) is 5.91 Å². The van der Waals surface area contributed by atoms with Crippen LogP contribution in [-0.4, -0.2) is 35.4 Å². The van der Waals surface area contributed by atoms with Crippen LogP contribution in [0, 0.1) is 0 Å². The third kappa shape index (κ3) is 5.02. The predicted molar refractivity (Wildman–Crippen MR) is 125 cm³/mol. The molecule has 152 valence electrons. The minimum Gasteiger partial charge on any atom is -0.376 e. The number of aromatic nitrogens is 1. The second-order valence-corrected chi connectivity index (χ2v) is 10.9. The van der Waals surface area contributed by atoms with Crippen LogP contribution < -0.4 is 4.90 Å². The van der Waals surface area contributed by atoms with Crippen molar-refractivity contribution in [3.63, 3.8) is 0 Å². The first-order chi connectivity index (χ1) is 14.0. The van der Waals surface area contributed by atoms with Gasteiger partial charge in [0.15, 0.2) is 5.13 Å². The summed E-state index contributed by atoms with van der Waals surface area (Å²) < 4.78 is 7.90. The number of halogens is 1. The number of hydrogen-bond acceptors (Lipinski definition) is 5. The van der Waals surface area contributed by atoms with Crippen LogP contribution in [-0.2, 0) is 4.74 Å². The van der Waals surface area contributed by atoms with Crippen molar-refractivity contribution >= 4 is 60.3 Å². The molecule has 4 rings (SSSR count). The van der Waals surface area contributed by atoms with Crippen LogP contribution in [0.1, 0.15) is 37.0 Å². The SMILES string of the molecule is CC(C)Sc1cccc(C(=O)N(CC2CCCO2)c2nc3ccc(Br)cc3s2)c1. The van der Waals surface area contributed by atoms with Crippen molar-refractivity contribution in [3.8, 4) is 0 Å². The number of nitrogens with zero attached hydrogens (tertiary/aromatic N) is 2. The lowest BCUT2D eigenvalue weighted by atomic mass is 10.2. The van der Waals surface area contributed by atoms with Gasteiger partial charge >= 0.3 is 0 Å². The normalized spacial score (nSPS) is 16.6. The Morgan fingerprint density at radius 3 is 2.97 bits per heavy atom. The van der Waals surface area contributed by atoms with Gasteiger partial charge in [0, 0.05) is 26.8 Å². The van der Waals surface area contributed by atoms with E-state index in [9.17, 15) is 4.79 Å². The zero-order valence-electron chi connectivity index (χ0n) is 16.4. The molecule has 1 saturated heterocycles. The van der Waals surface area contributed by atoms with Crippen molar-refractivity contribution in [2.24, 2.45) is 0 Å². The van der Waals surface area contributed by atoms with Crippen molar-refractivity contribution in [1.29, 1.82) is 0 Å². The number of hydrogen-bond donors (Lipinski definition) is 0. The fourth-order valence-electron chi connectivity index (χ4n) is 3.37. The quantitative estimate of drug-likeness (QED) is 0.375. The Morgan fingerprint density at radius 2 is 2.21 bits per heavy atom. The minimum absolute atomic E-state index is 0.0233. The lowest BCUT2D eigenvalue weighted by Gasteiger charge is -2.23. The number of thioether (sulfide) groups is 1. The molecular weight excluding hydrogens is 468 g/mol. The van der Waals surface area contributed by atoms with Gasteiger partial charge in [-0.05, 0) is 49.2 Å². The van der Waals surface area contributed by atoms with E-state index in [4.69, 9.17) is 9.72 Å². The molecule has 0 spiro atoms. The molecule has 0 radical (unpaired) electrons. The van der Waals surface area contributed by atoms with Crippen molar-refractivity contribution in [3.05, 3.63) is 52.5 Å². The topological polar surface area (TPSA) is 42.4 Å². The van der Waals surface area contributed by atoms with E-state index >= 15 is 0 Å². The number of benzene rings is 2. The maximum atomic E-state index is 13.5. The number of carbonyl (C=O) groups is 1. The summed E-state index contributed by atoms with van der Waals surface area (Å²) in [7, 11) is 0. The predicted octanol–water partition coefficient (Wildman–Crippen LogP) is 6.39. The van der Waals surface area contributed by atoms with E-state index in [0.717, 1.165) is 44.2 Å². The first-order valence-corrected chi connectivity index (χ1v) is 12.2. The summed E-state index contributed by atoms with van der Waals surface area (Å²) in [5.74, 6) is -0.0233. The van der Waals surface area contributed by atoms with Gasteiger partial charge in [-0.15, -0.1) is 11.8 Å². The molecule has 1 atom stereocenters. The van der Waals surface area contributed by atoms with Gasteiger partial charge in [-0.3, -0.25) is 9.69 Å². The number of fused-ring (bicyclic) bond motifs is 1. The van der Waals surface area contributed by atoms with Crippen molar-refractivity contribution in [1.82, 2.24) is 4.98 Å². The third-order valence-electron chi connectivity index (χ3n) is 4.68. The molecule has 1 unspecified atom stereocenters. The summed E-state index contributed by atoms with van der Waals surface area (Å²) in [6.45, 7) is 5.60. The summed E-state index contributed by atoms with van der Waals surface area (Å²) >= 11 is 6.82. The summed E-state index contributed by atoms with van der Waals surface area (Å²) in [5, 5.41) is 1.19. The number of rotatable bonds is 6. The van der Waals surface area contributed by atoms with E-state index in [0.29, 0.717) is 17.4 Å². The lowest BCUT2D eigenvalue weighted by Crippen LogP contribution is -2.37. The largest absolute Gasteiger partial charge is 0.376 e. The fourth-order valence-corrected chi connectivity index (χ4v) is 5.79. The highest BCUT2D eigenvalue weighted by molar-refractivity contribution is 9.10. The second-order valence-electron chi connectivity index (χ2n) is 7.35. The first-order valence-electron chi connectivity index (χ1n) is 9.76. The molecule has 0 aliphatic carbocycles. The Kier molecular flexibility index (Phi) is 6.59. The summed E-state index contributed by atoms with van der Waals surface area (Å²) in [4.78, 5) is 21.2. The van der Waals surface area contributed by atoms with Crippen molar-refractivity contribution in [2.45, 2.75) is 42.9 Å². The maximum Gasteiger partial charge on any atom is 0.260 e. The third-order valence-corrected chi connectivity index (χ3v) is 7.21. The van der Waals surface area contributed by atoms with Crippen LogP contribution in [0.4, 0.5) is 5.13 Å². The summed E-state index contributed by atoms with van der Waals surface area (Å²) in [6.07, 6.45) is 2.08. The van der Waals surface area contributed by atoms with E-state index in [1.54, 1.807) is 28.0 Å². The number of ether oxygens (including phenoxy) is 1. The van der Waals surface area contributed by atoms with Gasteiger partial charge in [-0.25, -0.2) is 4.98 Å². The zero-order chi connectivity index (χ0) is 20.4. The van der Waals surface area contributed by atoms with E-state index in [2.05, 4.69) is 35.8 Å². The molecular formula is C22H23BrN2O2S2. The molecule has 0 bridgehead atoms. The average Bonchev–Trinajstić information content (AvgIpc) is 3.34. The van der Waals surface area contributed by atoms with Gasteiger partial charge < -0.3 is 4.74 Å². The molecule has 0 saturated carbocycles. The Bertz CT molecular complexity index is 1010. The molecule has 1 amide bonds. The van der Waals surface area contributed by atoms with Gasteiger partial charge in [-0.1, -0.05) is 47.2 Å². The van der Waals surface area contributed by atoms with Crippen LogP contribution in [0.15, 0.2) is 51.8 Å². The minimum atomic E-state index is -0.0233. The highest BCUT2D eigenvalue weighted by Gasteiger charge is 2.27. The fraction of sp³-hybridized carbons (Fsp3) is 0.364. The van der Waals surface area contributed by atoms with Gasteiger partial charge in [0.05, 0.1) is 22.9 Å². The van der Waals surface area contributed by atoms with E-state index < -0.39 is 0 Å². The van der Waals surface area contributed by atoms with Crippen LogP contribution >= 0.6 is 39.0 Å². The molecule has 2 aromatic carbocycles. The Hall–Kier alpha value is -1.41. The van der Waals surface area contributed by atoms with Crippen LogP contribution in [0.5, 0.6) is 0 Å². The second kappa shape index (κ2) is 9.16. The highest BCUT2D eigenvalue weighted by atomic mass is 79.9. The number of carbonyl (C=O) groups excluding carboxylic acids is 1. The van der Waals surface area contributed by atoms with Gasteiger partial charge in [-0.2, -0.15) is 0 Å². The van der Waals surface area contributed by atoms with Crippen LogP contribution in [0.3, 0.4) is 0 Å². The lowest BCUT2D eigenvalue weighted by molar-refractivity contribution is 0.0917. The molecule has 29 heavy (non-hydrogen) atoms. The van der Waals surface area contributed by atoms with E-state index in [-0.39, 0.29) is 12.0 Å². The van der Waals surface area contributed by atoms with E-state index in [1.165, 1.54) is 0 Å². The monoisotopic (exact) mass is 490 g/mol. The molecule has 7 heteroatoms. The molecule has 0 N–H and O–H groups in total. The van der Waals surface area contributed by atoms with Gasteiger partial charge in [0.1, 0.15) is 0 Å². The molecule has 1 aromatic heterocycles. The number of amides is 1. The van der Waals surface area contributed by atoms with Crippen molar-refractivity contribution < 1.29 is 9.53 Å². The highest BCUT2D eigenvalue weighted by Crippen LogP contribution is 2.33. The zero-order valence-corrected chi connectivity index (χ0v) is 19.6. The van der Waals surface area contributed by atoms with Gasteiger partial charge in [0.2, 0.25) is 0 Å². The standard InChI is InChI=1S/C22H23BrN2O2S2/c1-14(2)28-18-7-3-5-15(11-18)21(26)25(13-17-6-4-10-27-17)22-24-19-9-8-16(23)12-20(19)29-22/h3,5,7-9,11-12,14,17H,4,6,10,13H2,1-2H3. The van der Waals surface area contributed by atoms with Crippen molar-refractivity contribution in [2.75, 3.05) is 18.1 Å². The molecule has 1 fully saturated rings. The number of thiazole rings is 1. The molecule has 4 nitrogen and oxygen atoms in total. The summed E-state index contributed by atoms with van der Waals surface area (Å²) in [5.41, 5.74) is 1.59. The van der Waals surface area contributed by atoms with E-state index in [1.807, 2.05) is 36.4 Å². The number of anilines is 1. The smallest absolute Gasteiger partial charge is 0.260 e. The Morgan fingerprint density at radius 1 is 1.34 bits per heavy atom. The average molecular weight is 491 g/mol. The molecule has 3 aromatic rings. The van der Waals surface area contributed by atoms with Crippen LogP contribution in [0.25, 0.3) is 10.2 Å². The Labute approximate surface area is 187 Å². The molecule has 1 aliphatic heterocycles. The Balaban J connectivity index is 1.68. The molecule has 2 heterocycles. The van der Waals surface area contributed by atoms with Crippen LogP contribution in [0.2, 0.25) is 0 Å². The summed E-state index contributed by atoms with van der Waals surface area (Å²) in [6, 6.07) is 13.9.